The van der Waals surface area contributed by atoms with Crippen LogP contribution in [0.3, 0.4) is 0 Å². The molecule has 5 heteroatoms. The van der Waals surface area contributed by atoms with Gasteiger partial charge in [0.25, 0.3) is 0 Å². The number of nitrogens with zero attached hydrogens (tertiary/aromatic N) is 2. The fraction of sp³-hybridized carbons (Fsp3) is 0.636. The monoisotopic (exact) mass is 225 g/mol. The maximum atomic E-state index is 11.2. The van der Waals surface area contributed by atoms with Crippen molar-refractivity contribution >= 4 is 5.91 Å². The molecule has 0 aromatic carbocycles. The van der Waals surface area contributed by atoms with Crippen molar-refractivity contribution < 1.29 is 9.21 Å². The zero-order valence-electron chi connectivity index (χ0n) is 10.1. The van der Waals surface area contributed by atoms with Gasteiger partial charge in [0.1, 0.15) is 5.76 Å². The Morgan fingerprint density at radius 3 is 2.88 bits per heavy atom. The molecule has 0 aliphatic rings. The number of hydrogen-bond donors (Lipinski definition) is 1. The van der Waals surface area contributed by atoms with Gasteiger partial charge in [-0.05, 0) is 19.9 Å². The lowest BCUT2D eigenvalue weighted by molar-refractivity contribution is -0.128. The van der Waals surface area contributed by atoms with Gasteiger partial charge in [0.2, 0.25) is 11.8 Å². The van der Waals surface area contributed by atoms with Gasteiger partial charge in [0.15, 0.2) is 0 Å². The van der Waals surface area contributed by atoms with Gasteiger partial charge in [0.05, 0.1) is 12.7 Å². The number of hydrogen-bond acceptors (Lipinski definition) is 4. The molecule has 0 atom stereocenters. The number of carbonyl (C=O) groups is 1. The summed E-state index contributed by atoms with van der Waals surface area (Å²) < 4.78 is 5.30. The lowest BCUT2D eigenvalue weighted by Crippen LogP contribution is -2.23. The number of nitrogens with one attached hydrogen (secondary N) is 1. The van der Waals surface area contributed by atoms with Crippen LogP contribution >= 0.6 is 0 Å². The molecule has 1 aromatic rings. The summed E-state index contributed by atoms with van der Waals surface area (Å²) in [4.78, 5) is 16.9. The third-order valence-electron chi connectivity index (χ3n) is 2.19. The molecule has 16 heavy (non-hydrogen) atoms. The van der Waals surface area contributed by atoms with Crippen LogP contribution in [0.15, 0.2) is 10.6 Å². The molecule has 0 unspecified atom stereocenters. The van der Waals surface area contributed by atoms with E-state index in [1.54, 1.807) is 25.2 Å². The second-order valence-corrected chi connectivity index (χ2v) is 3.93. The molecule has 1 aromatic heterocycles. The van der Waals surface area contributed by atoms with Crippen molar-refractivity contribution in [3.05, 3.63) is 17.8 Å². The van der Waals surface area contributed by atoms with Crippen molar-refractivity contribution in [1.82, 2.24) is 15.2 Å². The fourth-order valence-electron chi connectivity index (χ4n) is 1.27. The van der Waals surface area contributed by atoms with Crippen molar-refractivity contribution in [2.75, 3.05) is 20.6 Å². The van der Waals surface area contributed by atoms with E-state index >= 15 is 0 Å². The van der Waals surface area contributed by atoms with Crippen LogP contribution in [0.4, 0.5) is 0 Å². The van der Waals surface area contributed by atoms with E-state index in [1.807, 2.05) is 6.92 Å². The summed E-state index contributed by atoms with van der Waals surface area (Å²) in [6.45, 7) is 3.28. The lowest BCUT2D eigenvalue weighted by atomic mass is 10.3. The number of rotatable bonds is 6. The first-order valence-corrected chi connectivity index (χ1v) is 5.42. The van der Waals surface area contributed by atoms with Gasteiger partial charge in [-0.25, -0.2) is 4.98 Å². The first-order valence-electron chi connectivity index (χ1n) is 5.42. The Balaban J connectivity index is 2.06. The van der Waals surface area contributed by atoms with Crippen LogP contribution < -0.4 is 5.32 Å². The summed E-state index contributed by atoms with van der Waals surface area (Å²) in [6.07, 6.45) is 3.11. The van der Waals surface area contributed by atoms with Crippen LogP contribution in [0.1, 0.15) is 24.5 Å². The minimum Gasteiger partial charge on any atom is -0.445 e. The van der Waals surface area contributed by atoms with Crippen LogP contribution in [0.2, 0.25) is 0 Å². The Bertz CT molecular complexity index is 334. The average molecular weight is 225 g/mol. The van der Waals surface area contributed by atoms with Crippen molar-refractivity contribution in [3.8, 4) is 0 Å². The number of oxazole rings is 1. The summed E-state index contributed by atoms with van der Waals surface area (Å²) in [5.41, 5.74) is 0. The first-order chi connectivity index (χ1) is 7.59. The van der Waals surface area contributed by atoms with E-state index in [1.165, 1.54) is 0 Å². The fourth-order valence-corrected chi connectivity index (χ4v) is 1.27. The minimum absolute atomic E-state index is 0.161. The smallest absolute Gasteiger partial charge is 0.222 e. The van der Waals surface area contributed by atoms with Gasteiger partial charge >= 0.3 is 0 Å². The molecule has 1 heterocycles. The zero-order chi connectivity index (χ0) is 12.0. The minimum atomic E-state index is 0.161. The molecule has 1 N–H and O–H groups in total. The second kappa shape index (κ2) is 6.27. The Morgan fingerprint density at radius 2 is 2.31 bits per heavy atom. The van der Waals surface area contributed by atoms with Crippen molar-refractivity contribution in [1.29, 1.82) is 0 Å². The number of aromatic nitrogens is 1. The standard InChI is InChI=1S/C11H19N3O2/c1-9-7-13-10(16-9)8-12-6-4-5-11(15)14(2)3/h7,12H,4-6,8H2,1-3H3. The van der Waals surface area contributed by atoms with E-state index in [0.29, 0.717) is 18.9 Å². The topological polar surface area (TPSA) is 58.4 Å². The SMILES string of the molecule is Cc1cnc(CNCCCC(=O)N(C)C)o1. The molecule has 0 aliphatic heterocycles. The molecule has 0 spiro atoms. The summed E-state index contributed by atoms with van der Waals surface area (Å²) >= 11 is 0. The van der Waals surface area contributed by atoms with Gasteiger partial charge in [-0.1, -0.05) is 0 Å². The van der Waals surface area contributed by atoms with Gasteiger partial charge in [0, 0.05) is 20.5 Å². The highest BCUT2D eigenvalue weighted by Crippen LogP contribution is 2.00. The molecular formula is C11H19N3O2. The van der Waals surface area contributed by atoms with Gasteiger partial charge in [-0.3, -0.25) is 4.79 Å². The van der Waals surface area contributed by atoms with Crippen LogP contribution in [0.5, 0.6) is 0 Å². The molecular weight excluding hydrogens is 206 g/mol. The Kier molecular flexibility index (Phi) is 4.98. The van der Waals surface area contributed by atoms with E-state index in [0.717, 1.165) is 18.7 Å². The molecule has 90 valence electrons. The third kappa shape index (κ3) is 4.44. The van der Waals surface area contributed by atoms with E-state index in [2.05, 4.69) is 10.3 Å². The van der Waals surface area contributed by atoms with Crippen LogP contribution in [-0.2, 0) is 11.3 Å². The van der Waals surface area contributed by atoms with Gasteiger partial charge in [-0.2, -0.15) is 0 Å². The molecule has 0 bridgehead atoms. The predicted octanol–water partition coefficient (Wildman–Crippen LogP) is 0.941. The van der Waals surface area contributed by atoms with Crippen LogP contribution in [0.25, 0.3) is 0 Å². The van der Waals surface area contributed by atoms with E-state index < -0.39 is 0 Å². The quantitative estimate of drug-likeness (QED) is 0.732. The Morgan fingerprint density at radius 1 is 1.56 bits per heavy atom. The zero-order valence-corrected chi connectivity index (χ0v) is 10.1. The average Bonchev–Trinajstić information content (AvgIpc) is 2.63. The highest BCUT2D eigenvalue weighted by molar-refractivity contribution is 5.75. The highest BCUT2D eigenvalue weighted by Gasteiger charge is 2.03. The number of amides is 1. The number of aryl methyl sites for hydroxylation is 1. The third-order valence-corrected chi connectivity index (χ3v) is 2.19. The predicted molar refractivity (Wildman–Crippen MR) is 60.9 cm³/mol. The molecule has 0 radical (unpaired) electrons. The molecule has 1 amide bonds. The first kappa shape index (κ1) is 12.7. The molecule has 0 aliphatic carbocycles. The Hall–Kier alpha value is -1.36. The van der Waals surface area contributed by atoms with E-state index in [9.17, 15) is 4.79 Å². The molecule has 0 saturated carbocycles. The van der Waals surface area contributed by atoms with Crippen LogP contribution in [0, 0.1) is 6.92 Å². The molecule has 5 nitrogen and oxygen atoms in total. The van der Waals surface area contributed by atoms with Crippen molar-refractivity contribution in [2.24, 2.45) is 0 Å². The van der Waals surface area contributed by atoms with Gasteiger partial charge in [-0.15, -0.1) is 0 Å². The summed E-state index contributed by atoms with van der Waals surface area (Å²) in [7, 11) is 3.54. The van der Waals surface area contributed by atoms with Gasteiger partial charge < -0.3 is 14.6 Å². The lowest BCUT2D eigenvalue weighted by Gasteiger charge is -2.09. The summed E-state index contributed by atoms with van der Waals surface area (Å²) in [5, 5.41) is 3.18. The van der Waals surface area contributed by atoms with Crippen molar-refractivity contribution in [3.63, 3.8) is 0 Å². The second-order valence-electron chi connectivity index (χ2n) is 3.93. The summed E-state index contributed by atoms with van der Waals surface area (Å²) in [5.74, 6) is 1.67. The van der Waals surface area contributed by atoms with Crippen molar-refractivity contribution in [2.45, 2.75) is 26.3 Å². The normalized spacial score (nSPS) is 10.4. The maximum absolute atomic E-state index is 11.2. The highest BCUT2D eigenvalue weighted by atomic mass is 16.4. The number of carbonyl (C=O) groups excluding carboxylic acids is 1. The molecule has 0 saturated heterocycles. The summed E-state index contributed by atoms with van der Waals surface area (Å²) in [6, 6.07) is 0. The van der Waals surface area contributed by atoms with E-state index in [4.69, 9.17) is 4.42 Å². The molecule has 1 rings (SSSR count). The Labute approximate surface area is 95.8 Å². The molecule has 0 fully saturated rings. The van der Waals surface area contributed by atoms with E-state index in [-0.39, 0.29) is 5.91 Å². The van der Waals surface area contributed by atoms with Crippen LogP contribution in [-0.4, -0.2) is 36.4 Å². The largest absolute Gasteiger partial charge is 0.445 e. The maximum Gasteiger partial charge on any atom is 0.222 e.